The van der Waals surface area contributed by atoms with Gasteiger partial charge in [-0.1, -0.05) is 13.8 Å². The highest BCUT2D eigenvalue weighted by Crippen LogP contribution is 2.26. The van der Waals surface area contributed by atoms with E-state index in [9.17, 15) is 0 Å². The summed E-state index contributed by atoms with van der Waals surface area (Å²) in [4.78, 5) is 5.38. The van der Waals surface area contributed by atoms with E-state index in [0.717, 1.165) is 23.8 Å². The maximum Gasteiger partial charge on any atom is 0.00387 e. The summed E-state index contributed by atoms with van der Waals surface area (Å²) >= 11 is 0. The molecule has 0 spiro atoms. The van der Waals surface area contributed by atoms with Gasteiger partial charge in [-0.25, -0.2) is 0 Å². The van der Waals surface area contributed by atoms with Crippen LogP contribution in [0.15, 0.2) is 0 Å². The van der Waals surface area contributed by atoms with Crippen LogP contribution < -0.4 is 0 Å². The van der Waals surface area contributed by atoms with Crippen molar-refractivity contribution in [3.8, 4) is 0 Å². The highest BCUT2D eigenvalue weighted by molar-refractivity contribution is 4.83. The normalized spacial score (nSPS) is 31.0. The van der Waals surface area contributed by atoms with Crippen molar-refractivity contribution in [1.82, 2.24) is 9.80 Å². The predicted octanol–water partition coefficient (Wildman–Crippen LogP) is 3.08. The summed E-state index contributed by atoms with van der Waals surface area (Å²) in [6, 6.07) is 0.738. The smallest absolute Gasteiger partial charge is 0.00387 e. The summed E-state index contributed by atoms with van der Waals surface area (Å²) in [7, 11) is 0. The second kappa shape index (κ2) is 6.38. The van der Waals surface area contributed by atoms with Crippen LogP contribution in [0.1, 0.15) is 47.0 Å². The van der Waals surface area contributed by atoms with Gasteiger partial charge in [-0.2, -0.15) is 0 Å². The van der Waals surface area contributed by atoms with E-state index in [1.807, 2.05) is 0 Å². The second-order valence-corrected chi connectivity index (χ2v) is 7.29. The summed E-state index contributed by atoms with van der Waals surface area (Å²) in [5.41, 5.74) is 0. The first-order valence-electron chi connectivity index (χ1n) is 8.01. The molecule has 2 aliphatic rings. The molecular weight excluding hydrogens is 220 g/mol. The van der Waals surface area contributed by atoms with Crippen LogP contribution in [-0.4, -0.2) is 48.6 Å². The average Bonchev–Trinajstić information content (AvgIpc) is 2.88. The number of hydrogen-bond donors (Lipinski definition) is 0. The first-order chi connectivity index (χ1) is 8.54. The zero-order valence-electron chi connectivity index (χ0n) is 12.9. The summed E-state index contributed by atoms with van der Waals surface area (Å²) in [6.45, 7) is 16.1. The molecule has 0 aromatic carbocycles. The minimum Gasteiger partial charge on any atom is -0.303 e. The van der Waals surface area contributed by atoms with Gasteiger partial charge in [0.1, 0.15) is 0 Å². The Bertz CT molecular complexity index is 249. The molecule has 2 atom stereocenters. The van der Waals surface area contributed by atoms with Crippen LogP contribution in [0.25, 0.3) is 0 Å². The molecule has 2 saturated heterocycles. The monoisotopic (exact) mass is 252 g/mol. The second-order valence-electron chi connectivity index (χ2n) is 7.29. The van der Waals surface area contributed by atoms with Crippen LogP contribution in [0.3, 0.4) is 0 Å². The van der Waals surface area contributed by atoms with E-state index in [2.05, 4.69) is 37.5 Å². The number of rotatable bonds is 5. The van der Waals surface area contributed by atoms with E-state index in [4.69, 9.17) is 0 Å². The van der Waals surface area contributed by atoms with E-state index in [1.165, 1.54) is 52.0 Å². The molecule has 0 saturated carbocycles. The van der Waals surface area contributed by atoms with Gasteiger partial charge in [0.2, 0.25) is 0 Å². The summed E-state index contributed by atoms with van der Waals surface area (Å²) in [6.07, 6.45) is 4.29. The van der Waals surface area contributed by atoms with Gasteiger partial charge in [0.25, 0.3) is 0 Å². The number of nitrogens with zero attached hydrogens (tertiary/aromatic N) is 2. The average molecular weight is 252 g/mol. The fourth-order valence-corrected chi connectivity index (χ4v) is 3.78. The molecule has 0 aliphatic carbocycles. The number of likely N-dealkylation sites (tertiary alicyclic amines) is 2. The Morgan fingerprint density at radius 1 is 0.944 bits per heavy atom. The Morgan fingerprint density at radius 2 is 1.67 bits per heavy atom. The van der Waals surface area contributed by atoms with Crippen molar-refractivity contribution in [2.75, 3.05) is 32.7 Å². The third kappa shape index (κ3) is 3.96. The molecule has 2 heterocycles. The fraction of sp³-hybridized carbons (Fsp3) is 1.00. The first kappa shape index (κ1) is 14.3. The highest BCUT2D eigenvalue weighted by atomic mass is 15.2. The van der Waals surface area contributed by atoms with Crippen molar-refractivity contribution in [3.05, 3.63) is 0 Å². The molecule has 0 aromatic heterocycles. The van der Waals surface area contributed by atoms with Gasteiger partial charge in [0.15, 0.2) is 0 Å². The number of hydrogen-bond acceptors (Lipinski definition) is 2. The molecule has 0 bridgehead atoms. The lowest BCUT2D eigenvalue weighted by atomic mass is 9.97. The molecule has 2 unspecified atom stereocenters. The van der Waals surface area contributed by atoms with Crippen LogP contribution in [0.5, 0.6) is 0 Å². The lowest BCUT2D eigenvalue weighted by Gasteiger charge is -2.23. The maximum absolute atomic E-state index is 2.74. The third-order valence-corrected chi connectivity index (χ3v) is 4.74. The fourth-order valence-electron chi connectivity index (χ4n) is 3.78. The summed E-state index contributed by atoms with van der Waals surface area (Å²) in [5, 5.41) is 0. The van der Waals surface area contributed by atoms with Gasteiger partial charge in [-0.05, 0) is 64.0 Å². The van der Waals surface area contributed by atoms with Crippen molar-refractivity contribution in [2.45, 2.75) is 53.0 Å². The Morgan fingerprint density at radius 3 is 2.28 bits per heavy atom. The summed E-state index contributed by atoms with van der Waals surface area (Å²) in [5.74, 6) is 2.79. The van der Waals surface area contributed by atoms with Crippen LogP contribution in [0.2, 0.25) is 0 Å². The molecule has 2 aliphatic heterocycles. The zero-order chi connectivity index (χ0) is 13.1. The molecule has 0 amide bonds. The van der Waals surface area contributed by atoms with E-state index in [-0.39, 0.29) is 0 Å². The minimum atomic E-state index is 0.738. The van der Waals surface area contributed by atoms with Gasteiger partial charge in [-0.15, -0.1) is 0 Å². The van der Waals surface area contributed by atoms with Gasteiger partial charge >= 0.3 is 0 Å². The maximum atomic E-state index is 2.74. The zero-order valence-corrected chi connectivity index (χ0v) is 12.9. The van der Waals surface area contributed by atoms with Gasteiger partial charge in [-0.3, -0.25) is 0 Å². The van der Waals surface area contributed by atoms with Crippen LogP contribution in [0, 0.1) is 17.8 Å². The van der Waals surface area contributed by atoms with E-state index in [1.54, 1.807) is 0 Å². The molecular formula is C16H32N2. The van der Waals surface area contributed by atoms with E-state index >= 15 is 0 Å². The van der Waals surface area contributed by atoms with Crippen LogP contribution >= 0.6 is 0 Å². The largest absolute Gasteiger partial charge is 0.303 e. The van der Waals surface area contributed by atoms with Crippen LogP contribution in [0.4, 0.5) is 0 Å². The van der Waals surface area contributed by atoms with Crippen molar-refractivity contribution in [1.29, 1.82) is 0 Å². The highest BCUT2D eigenvalue weighted by Gasteiger charge is 2.29. The topological polar surface area (TPSA) is 6.48 Å². The molecule has 0 aromatic rings. The molecule has 0 N–H and O–H groups in total. The lowest BCUT2D eigenvalue weighted by Crippen LogP contribution is -2.32. The van der Waals surface area contributed by atoms with Crippen molar-refractivity contribution < 1.29 is 0 Å². The minimum absolute atomic E-state index is 0.738. The Labute approximate surface area is 114 Å². The molecule has 2 heteroatoms. The lowest BCUT2D eigenvalue weighted by molar-refractivity contribution is 0.233. The first-order valence-corrected chi connectivity index (χ1v) is 8.01. The summed E-state index contributed by atoms with van der Waals surface area (Å²) < 4.78 is 0. The Kier molecular flexibility index (Phi) is 5.08. The molecule has 2 nitrogen and oxygen atoms in total. The van der Waals surface area contributed by atoms with E-state index in [0.29, 0.717) is 0 Å². The quantitative estimate of drug-likeness (QED) is 0.742. The predicted molar refractivity (Wildman–Crippen MR) is 78.8 cm³/mol. The molecule has 0 radical (unpaired) electrons. The standard InChI is InChI=1S/C16H32N2/c1-13(2)9-15-5-7-17(10-15)11-16-6-8-18(12-16)14(3)4/h13-16H,5-12H2,1-4H3. The molecule has 2 fully saturated rings. The van der Waals surface area contributed by atoms with Crippen molar-refractivity contribution in [3.63, 3.8) is 0 Å². The SMILES string of the molecule is CC(C)CC1CCN(CC2CCN(C(C)C)C2)C1. The molecule has 2 rings (SSSR count). The van der Waals surface area contributed by atoms with Gasteiger partial charge in [0.05, 0.1) is 0 Å². The van der Waals surface area contributed by atoms with Gasteiger partial charge < -0.3 is 9.80 Å². The van der Waals surface area contributed by atoms with E-state index < -0.39 is 0 Å². The Balaban J connectivity index is 1.69. The van der Waals surface area contributed by atoms with Crippen LogP contribution in [-0.2, 0) is 0 Å². The molecule has 106 valence electrons. The molecule has 18 heavy (non-hydrogen) atoms. The van der Waals surface area contributed by atoms with Crippen molar-refractivity contribution in [2.24, 2.45) is 17.8 Å². The van der Waals surface area contributed by atoms with Crippen molar-refractivity contribution >= 4 is 0 Å². The van der Waals surface area contributed by atoms with Gasteiger partial charge in [0, 0.05) is 25.7 Å². The third-order valence-electron chi connectivity index (χ3n) is 4.74. The Hall–Kier alpha value is -0.0800.